The Hall–Kier alpha value is -3.97. The second-order valence-corrected chi connectivity index (χ2v) is 19.5. The second-order valence-electron chi connectivity index (χ2n) is 19.5. The molecule has 0 fully saturated rings. The van der Waals surface area contributed by atoms with Gasteiger partial charge in [-0.05, 0) is 83.1 Å². The average molecular weight is 1700 g/mol. The van der Waals surface area contributed by atoms with Crippen molar-refractivity contribution in [2.75, 3.05) is 0 Å². The third kappa shape index (κ3) is 49.8. The van der Waals surface area contributed by atoms with Gasteiger partial charge >= 0.3 is 167 Å². The van der Waals surface area contributed by atoms with E-state index in [1.165, 1.54) is 0 Å². The van der Waals surface area contributed by atoms with Crippen LogP contribution in [-0.2, 0) is 0 Å². The standard InChI is InChI=1S/12C5H7N2.4Ce/c12*1-4-3-5(2)7-6-4;;;;/h12*3H,1-2H3;;;;/q12*-1;4*+3. The maximum Gasteiger partial charge on any atom is 3.00 e. The van der Waals surface area contributed by atoms with E-state index < -0.39 is 0 Å². The molecule has 0 aliphatic rings. The van der Waals surface area contributed by atoms with Crippen LogP contribution in [0.25, 0.3) is 0 Å². The molecule has 0 aliphatic carbocycles. The number of nitrogens with zero attached hydrogens (tertiary/aromatic N) is 24. The van der Waals surface area contributed by atoms with Gasteiger partial charge < -0.3 is 122 Å². The summed E-state index contributed by atoms with van der Waals surface area (Å²) in [5.74, 6) is 0. The van der Waals surface area contributed by atoms with E-state index in [0.29, 0.717) is 0 Å². The number of rotatable bonds is 0. The summed E-state index contributed by atoms with van der Waals surface area (Å²) in [5, 5.41) is 90.4. The summed E-state index contributed by atoms with van der Waals surface area (Å²) >= 11 is 0. The zero-order valence-corrected chi connectivity index (χ0v) is 68.2. The molecule has 12 rings (SSSR count). The van der Waals surface area contributed by atoms with Crippen molar-refractivity contribution in [1.29, 1.82) is 0 Å². The number of hydrogen-bond acceptors (Lipinski definition) is 12. The van der Waals surface area contributed by atoms with E-state index in [9.17, 15) is 0 Å². The van der Waals surface area contributed by atoms with Crippen LogP contribution in [0.1, 0.15) is 137 Å². The largest absolute Gasteiger partial charge is 3.00 e. The molecule has 0 spiro atoms. The summed E-state index contributed by atoms with van der Waals surface area (Å²) in [6, 6.07) is 23.3. The summed E-state index contributed by atoms with van der Waals surface area (Å²) in [6.07, 6.45) is 0. The predicted octanol–water partition coefficient (Wildman–Crippen LogP) is 7.87. The van der Waals surface area contributed by atoms with Crippen molar-refractivity contribution in [2.24, 2.45) is 0 Å². The molecule has 24 nitrogen and oxygen atoms in total. The molecule has 4 radical (unpaired) electrons. The van der Waals surface area contributed by atoms with E-state index in [1.54, 1.807) is 0 Å². The molecule has 88 heavy (non-hydrogen) atoms. The smallest absolute Gasteiger partial charge is 0.579 e. The predicted molar refractivity (Wildman–Crippen MR) is 324 cm³/mol. The van der Waals surface area contributed by atoms with Crippen LogP contribution in [0.5, 0.6) is 0 Å². The monoisotopic (exact) mass is 1700 g/mol. The van der Waals surface area contributed by atoms with Crippen LogP contribution in [0.2, 0.25) is 0 Å². The first kappa shape index (κ1) is 90.4. The Morgan fingerprint density at radius 1 is 0.136 bits per heavy atom. The number of aryl methyl sites for hydroxylation is 24. The van der Waals surface area contributed by atoms with Gasteiger partial charge in [0.2, 0.25) is 0 Å². The Kier molecular flexibility index (Phi) is 53.1. The Bertz CT molecular complexity index is 2510. The topological polar surface area (TPSA) is 324 Å². The molecule has 0 atom stereocenters. The molecule has 0 aromatic carbocycles. The van der Waals surface area contributed by atoms with Gasteiger partial charge in [-0.15, -0.1) is 68.3 Å². The van der Waals surface area contributed by atoms with Gasteiger partial charge in [0.05, 0.1) is 0 Å². The third-order valence-electron chi connectivity index (χ3n) is 9.40. The number of aromatic nitrogens is 24. The minimum atomic E-state index is 0. The fourth-order valence-electron chi connectivity index (χ4n) is 6.21. The van der Waals surface area contributed by atoms with E-state index in [4.69, 9.17) is 0 Å². The maximum atomic E-state index is 3.77. The molecule has 0 aliphatic heterocycles. The van der Waals surface area contributed by atoms with Gasteiger partial charge in [-0.1, -0.05) is 156 Å². The van der Waals surface area contributed by atoms with Gasteiger partial charge in [0.1, 0.15) is 0 Å². The molecule has 12 heterocycles. The molecule has 0 N–H and O–H groups in total. The van der Waals surface area contributed by atoms with E-state index >= 15 is 0 Å². The molecule has 0 unspecified atom stereocenters. The fourth-order valence-corrected chi connectivity index (χ4v) is 6.21. The van der Waals surface area contributed by atoms with Crippen molar-refractivity contribution in [1.82, 2.24) is 122 Å². The van der Waals surface area contributed by atoms with Crippen molar-refractivity contribution in [3.8, 4) is 0 Å². The van der Waals surface area contributed by atoms with Gasteiger partial charge in [0.15, 0.2) is 0 Å². The first-order valence-electron chi connectivity index (χ1n) is 26.7. The minimum Gasteiger partial charge on any atom is -0.579 e. The minimum absolute atomic E-state index is 0. The van der Waals surface area contributed by atoms with E-state index in [1.807, 2.05) is 239 Å². The first-order valence-corrected chi connectivity index (χ1v) is 26.7. The van der Waals surface area contributed by atoms with Gasteiger partial charge in [-0.2, -0.15) is 0 Å². The second kappa shape index (κ2) is 51.6. The molecule has 12 aromatic rings. The zero-order valence-electron chi connectivity index (χ0n) is 55.7. The van der Waals surface area contributed by atoms with Gasteiger partial charge in [-0.25, -0.2) is 0 Å². The first-order chi connectivity index (χ1) is 39.5. The van der Waals surface area contributed by atoms with E-state index in [-0.39, 0.29) is 167 Å². The Balaban J connectivity index is -0.000000436. The molecule has 12 aromatic heterocycles. The molecule has 0 bridgehead atoms. The van der Waals surface area contributed by atoms with Crippen LogP contribution >= 0.6 is 0 Å². The third-order valence-corrected chi connectivity index (χ3v) is 9.40. The quantitative estimate of drug-likeness (QED) is 0.139. The fraction of sp³-hybridized carbons (Fsp3) is 0.400. The van der Waals surface area contributed by atoms with Crippen molar-refractivity contribution < 1.29 is 167 Å². The SMILES string of the molecule is Cc1cc(C)[n-]n1.Cc1cc(C)[n-]n1.Cc1cc(C)[n-]n1.Cc1cc(C)[n-]n1.Cc1cc(C)[n-]n1.Cc1cc(C)[n-]n1.Cc1cc(C)[n-]n1.Cc1cc(C)[n-]n1.Cc1cc(C)[n-]n1.Cc1cc(C)[n-]n1.Cc1cc(C)[n-]n1.Cc1cc(C)[n-]n1.[Ce+3].[Ce+3].[Ce+3].[Ce+3]. The van der Waals surface area contributed by atoms with Crippen molar-refractivity contribution in [2.45, 2.75) is 166 Å². The summed E-state index contributed by atoms with van der Waals surface area (Å²) in [4.78, 5) is 0. The van der Waals surface area contributed by atoms with E-state index in [2.05, 4.69) is 122 Å². The zero-order chi connectivity index (χ0) is 63.3. The van der Waals surface area contributed by atoms with Crippen LogP contribution in [0.15, 0.2) is 72.8 Å². The molecular formula is C60H84Ce4N24. The molecule has 460 valence electrons. The van der Waals surface area contributed by atoms with Crippen molar-refractivity contribution in [3.05, 3.63) is 209 Å². The molecular weight excluding hydrogens is 1620 g/mol. The van der Waals surface area contributed by atoms with Crippen molar-refractivity contribution >= 4 is 0 Å². The Labute approximate surface area is 655 Å². The Morgan fingerprint density at radius 2 is 0.193 bits per heavy atom. The van der Waals surface area contributed by atoms with Crippen LogP contribution in [0, 0.1) is 333 Å². The maximum absolute atomic E-state index is 3.77. The van der Waals surface area contributed by atoms with Crippen LogP contribution in [0.3, 0.4) is 0 Å². The van der Waals surface area contributed by atoms with Crippen LogP contribution < -0.4 is 61.2 Å². The summed E-state index contributed by atoms with van der Waals surface area (Å²) in [6.45, 7) is 46.3. The summed E-state index contributed by atoms with van der Waals surface area (Å²) < 4.78 is 0. The Morgan fingerprint density at radius 3 is 0.205 bits per heavy atom. The van der Waals surface area contributed by atoms with Gasteiger partial charge in [-0.3, -0.25) is 0 Å². The van der Waals surface area contributed by atoms with Gasteiger partial charge in [0.25, 0.3) is 0 Å². The van der Waals surface area contributed by atoms with Crippen molar-refractivity contribution in [3.63, 3.8) is 0 Å². The summed E-state index contributed by atoms with van der Waals surface area (Å²) in [7, 11) is 0. The van der Waals surface area contributed by atoms with Gasteiger partial charge in [0, 0.05) is 68.3 Å². The average Bonchev–Trinajstić information content (AvgIpc) is 4.22. The van der Waals surface area contributed by atoms with Crippen LogP contribution in [-0.4, -0.2) is 61.2 Å². The normalized spacial score (nSPS) is 9.00. The molecule has 28 heteroatoms. The number of hydrogen-bond donors (Lipinski definition) is 0. The molecule has 0 saturated carbocycles. The van der Waals surface area contributed by atoms with Crippen LogP contribution in [0.4, 0.5) is 0 Å². The molecule has 0 amide bonds. The summed E-state index contributed by atoms with van der Waals surface area (Å²) in [5.41, 5.74) is 23.9. The van der Waals surface area contributed by atoms with E-state index in [0.717, 1.165) is 137 Å². The molecule has 0 saturated heterocycles.